The van der Waals surface area contributed by atoms with E-state index in [1.165, 1.54) is 32.6 Å². The summed E-state index contributed by atoms with van der Waals surface area (Å²) in [6.07, 6.45) is 2.65. The van der Waals surface area contributed by atoms with E-state index in [4.69, 9.17) is 14.2 Å². The van der Waals surface area contributed by atoms with Crippen LogP contribution in [0.4, 0.5) is 17.2 Å². The van der Waals surface area contributed by atoms with Crippen LogP contribution >= 0.6 is 0 Å². The summed E-state index contributed by atoms with van der Waals surface area (Å²) < 4.78 is 16.1. The molecule has 2 N–H and O–H groups in total. The monoisotopic (exact) mass is 451 g/mol. The molecule has 0 unspecified atom stereocenters. The van der Waals surface area contributed by atoms with Crippen LogP contribution in [0.25, 0.3) is 0 Å². The zero-order chi connectivity index (χ0) is 23.6. The van der Waals surface area contributed by atoms with Crippen LogP contribution in [0, 0.1) is 10.1 Å². The van der Waals surface area contributed by atoms with E-state index < -0.39 is 4.92 Å². The van der Waals surface area contributed by atoms with Gasteiger partial charge in [-0.2, -0.15) is 5.10 Å². The highest BCUT2D eigenvalue weighted by Gasteiger charge is 2.11. The Kier molecular flexibility index (Phi) is 7.73. The molecule has 170 valence electrons. The summed E-state index contributed by atoms with van der Waals surface area (Å²) in [6, 6.07) is 14.9. The summed E-state index contributed by atoms with van der Waals surface area (Å²) in [4.78, 5) is 26.3. The van der Waals surface area contributed by atoms with Gasteiger partial charge in [-0.3, -0.25) is 20.3 Å². The minimum atomic E-state index is -0.530. The number of amides is 1. The number of para-hydroxylation sites is 2. The number of rotatable bonds is 10. The number of carbonyl (C=O) groups is 1. The minimum absolute atomic E-state index is 0.110. The van der Waals surface area contributed by atoms with Crippen LogP contribution in [0.1, 0.15) is 5.56 Å². The molecule has 1 heterocycles. The molecule has 0 aliphatic heterocycles. The Morgan fingerprint density at radius 3 is 2.58 bits per heavy atom. The summed E-state index contributed by atoms with van der Waals surface area (Å²) in [5, 5.41) is 17.4. The third kappa shape index (κ3) is 6.40. The largest absolute Gasteiger partial charge is 0.495 e. The fourth-order valence-corrected chi connectivity index (χ4v) is 2.69. The van der Waals surface area contributed by atoms with Crippen molar-refractivity contribution in [3.8, 4) is 17.2 Å². The minimum Gasteiger partial charge on any atom is -0.495 e. The maximum absolute atomic E-state index is 12.2. The van der Waals surface area contributed by atoms with Crippen molar-refractivity contribution in [2.75, 3.05) is 31.6 Å². The lowest BCUT2D eigenvalue weighted by Gasteiger charge is -2.12. The Morgan fingerprint density at radius 1 is 1.09 bits per heavy atom. The molecule has 0 radical (unpaired) electrons. The number of hydrogen-bond acceptors (Lipinski definition) is 9. The van der Waals surface area contributed by atoms with Crippen LogP contribution in [0.5, 0.6) is 17.2 Å². The molecule has 0 bridgehead atoms. The smallest absolute Gasteiger partial charge is 0.287 e. The van der Waals surface area contributed by atoms with Gasteiger partial charge in [0.2, 0.25) is 0 Å². The molecular formula is C22H21N5O6. The normalized spacial score (nSPS) is 10.5. The van der Waals surface area contributed by atoms with Crippen molar-refractivity contribution >= 4 is 29.3 Å². The predicted molar refractivity (Wildman–Crippen MR) is 122 cm³/mol. The van der Waals surface area contributed by atoms with E-state index in [0.29, 0.717) is 34.3 Å². The average Bonchev–Trinajstić information content (AvgIpc) is 2.83. The summed E-state index contributed by atoms with van der Waals surface area (Å²) in [6.45, 7) is -0.227. The fraction of sp³-hybridized carbons (Fsp3) is 0.136. The first-order valence-electron chi connectivity index (χ1n) is 9.63. The predicted octanol–water partition coefficient (Wildman–Crippen LogP) is 3.47. The maximum atomic E-state index is 12.2. The number of anilines is 2. The average molecular weight is 451 g/mol. The van der Waals surface area contributed by atoms with Gasteiger partial charge >= 0.3 is 0 Å². The van der Waals surface area contributed by atoms with Crippen LogP contribution < -0.4 is 25.0 Å². The lowest BCUT2D eigenvalue weighted by Crippen LogP contribution is -2.20. The van der Waals surface area contributed by atoms with Crippen LogP contribution in [-0.4, -0.2) is 42.9 Å². The standard InChI is InChI=1S/C22H21N5O6/c1-31-18-6-4-3-5-17(18)25-22(28)14-33-19-9-7-15(11-20(19)32-2)12-24-26-21-10-8-16(13-23-21)27(29)30/h3-13H,14H2,1-2H3,(H,23,26)(H,25,28)/b24-12-. The first-order chi connectivity index (χ1) is 16.0. The number of nitro groups is 1. The van der Waals surface area contributed by atoms with Crippen LogP contribution in [0.15, 0.2) is 65.9 Å². The molecular weight excluding hydrogens is 430 g/mol. The van der Waals surface area contributed by atoms with Gasteiger partial charge < -0.3 is 19.5 Å². The van der Waals surface area contributed by atoms with Crippen molar-refractivity contribution in [3.05, 3.63) is 76.5 Å². The summed E-state index contributed by atoms with van der Waals surface area (Å²) in [7, 11) is 3.01. The Bertz CT molecular complexity index is 1150. The van der Waals surface area contributed by atoms with Gasteiger partial charge in [-0.1, -0.05) is 12.1 Å². The third-order valence-electron chi connectivity index (χ3n) is 4.28. The maximum Gasteiger partial charge on any atom is 0.287 e. The molecule has 0 spiro atoms. The van der Waals surface area contributed by atoms with Crippen molar-refractivity contribution in [3.63, 3.8) is 0 Å². The Hall–Kier alpha value is -4.67. The number of nitrogens with zero attached hydrogens (tertiary/aromatic N) is 3. The molecule has 11 heteroatoms. The second kappa shape index (κ2) is 11.1. The number of methoxy groups -OCH3 is 2. The summed E-state index contributed by atoms with van der Waals surface area (Å²) >= 11 is 0. The Balaban J connectivity index is 1.58. The Labute approximate surface area is 189 Å². The van der Waals surface area contributed by atoms with Gasteiger partial charge in [-0.05, 0) is 42.0 Å². The first kappa shape index (κ1) is 23.0. The number of ether oxygens (including phenoxy) is 3. The van der Waals surface area contributed by atoms with Crippen LogP contribution in [-0.2, 0) is 4.79 Å². The zero-order valence-electron chi connectivity index (χ0n) is 17.8. The molecule has 11 nitrogen and oxygen atoms in total. The fourth-order valence-electron chi connectivity index (χ4n) is 2.69. The highest BCUT2D eigenvalue weighted by Crippen LogP contribution is 2.28. The second-order valence-corrected chi connectivity index (χ2v) is 6.48. The van der Waals surface area contributed by atoms with Crippen LogP contribution in [0.2, 0.25) is 0 Å². The molecule has 0 atom stereocenters. The number of carbonyl (C=O) groups excluding carboxylic acids is 1. The van der Waals surface area contributed by atoms with E-state index in [-0.39, 0.29) is 18.2 Å². The van der Waals surface area contributed by atoms with Crippen molar-refractivity contribution in [1.29, 1.82) is 0 Å². The molecule has 0 saturated heterocycles. The van der Waals surface area contributed by atoms with E-state index in [0.717, 1.165) is 6.20 Å². The number of hydrazone groups is 1. The molecule has 1 aromatic heterocycles. The Morgan fingerprint density at radius 2 is 1.88 bits per heavy atom. The highest BCUT2D eigenvalue weighted by molar-refractivity contribution is 5.93. The van der Waals surface area contributed by atoms with E-state index in [1.807, 2.05) is 0 Å². The first-order valence-corrected chi connectivity index (χ1v) is 9.63. The summed E-state index contributed by atoms with van der Waals surface area (Å²) in [5.41, 5.74) is 3.81. The van der Waals surface area contributed by atoms with Crippen LogP contribution in [0.3, 0.4) is 0 Å². The number of hydrogen-bond donors (Lipinski definition) is 2. The lowest BCUT2D eigenvalue weighted by molar-refractivity contribution is -0.385. The molecule has 3 rings (SSSR count). The van der Waals surface area contributed by atoms with Gasteiger partial charge in [-0.15, -0.1) is 0 Å². The molecule has 0 aliphatic carbocycles. The van der Waals surface area contributed by atoms with E-state index in [2.05, 4.69) is 20.8 Å². The number of nitrogens with one attached hydrogen (secondary N) is 2. The second-order valence-electron chi connectivity index (χ2n) is 6.48. The quantitative estimate of drug-likeness (QED) is 0.272. The number of aromatic nitrogens is 1. The zero-order valence-corrected chi connectivity index (χ0v) is 17.8. The molecule has 0 fully saturated rings. The number of benzene rings is 2. The molecule has 33 heavy (non-hydrogen) atoms. The van der Waals surface area contributed by atoms with Crippen molar-refractivity contribution < 1.29 is 23.9 Å². The van der Waals surface area contributed by atoms with Gasteiger partial charge in [0.25, 0.3) is 11.6 Å². The third-order valence-corrected chi connectivity index (χ3v) is 4.28. The van der Waals surface area contributed by atoms with E-state index >= 15 is 0 Å². The highest BCUT2D eigenvalue weighted by atomic mass is 16.6. The molecule has 2 aromatic carbocycles. The van der Waals surface area contributed by atoms with Gasteiger partial charge in [0, 0.05) is 6.07 Å². The number of pyridine rings is 1. The molecule has 0 aliphatic rings. The van der Waals surface area contributed by atoms with Gasteiger partial charge in [0.05, 0.1) is 31.0 Å². The van der Waals surface area contributed by atoms with Crippen molar-refractivity contribution in [2.45, 2.75) is 0 Å². The molecule has 1 amide bonds. The van der Waals surface area contributed by atoms with Crippen molar-refractivity contribution in [2.24, 2.45) is 5.10 Å². The van der Waals surface area contributed by atoms with Gasteiger partial charge in [0.15, 0.2) is 18.1 Å². The van der Waals surface area contributed by atoms with Crippen molar-refractivity contribution in [1.82, 2.24) is 4.98 Å². The lowest BCUT2D eigenvalue weighted by atomic mass is 10.2. The van der Waals surface area contributed by atoms with Gasteiger partial charge in [-0.25, -0.2) is 4.98 Å². The molecule has 0 saturated carbocycles. The van der Waals surface area contributed by atoms with Gasteiger partial charge in [0.1, 0.15) is 17.8 Å². The topological polar surface area (TPSA) is 137 Å². The summed E-state index contributed by atoms with van der Waals surface area (Å²) in [5.74, 6) is 1.34. The van der Waals surface area contributed by atoms with E-state index in [9.17, 15) is 14.9 Å². The van der Waals surface area contributed by atoms with E-state index in [1.54, 1.807) is 42.5 Å². The molecule has 3 aromatic rings. The SMILES string of the molecule is COc1ccccc1NC(=O)COc1ccc(/C=N\Nc2ccc([N+](=O)[O-])cn2)cc1OC.